The summed E-state index contributed by atoms with van der Waals surface area (Å²) in [5.41, 5.74) is 0. The van der Waals surface area contributed by atoms with Gasteiger partial charge in [-0.15, -0.1) is 0 Å². The Morgan fingerprint density at radius 2 is 1.59 bits per heavy atom. The SMILES string of the molecule is O=C(CCCCCN1C(=O)C=CC1=O)OC1C(=O)CCC1=O. The van der Waals surface area contributed by atoms with E-state index in [0.717, 1.165) is 4.90 Å². The highest BCUT2D eigenvalue weighted by molar-refractivity contribution is 6.13. The number of unbranched alkanes of at least 4 members (excludes halogenated alkanes) is 2. The topological polar surface area (TPSA) is 97.8 Å². The Bertz CT molecular complexity index is 516. The summed E-state index contributed by atoms with van der Waals surface area (Å²) in [6.07, 6.45) is 3.38. The van der Waals surface area contributed by atoms with E-state index in [2.05, 4.69) is 0 Å². The van der Waals surface area contributed by atoms with Crippen molar-refractivity contribution < 1.29 is 28.7 Å². The van der Waals surface area contributed by atoms with E-state index in [1.807, 2.05) is 0 Å². The normalized spacial score (nSPS) is 18.6. The minimum absolute atomic E-state index is 0.108. The third-order valence-corrected chi connectivity index (χ3v) is 3.62. The molecule has 0 atom stereocenters. The van der Waals surface area contributed by atoms with Crippen LogP contribution in [0.5, 0.6) is 0 Å². The molecule has 0 aromatic carbocycles. The molecule has 0 bridgehead atoms. The van der Waals surface area contributed by atoms with E-state index in [1.54, 1.807) is 0 Å². The highest BCUT2D eigenvalue weighted by atomic mass is 16.5. The molecular formula is C15H17NO6. The zero-order chi connectivity index (χ0) is 16.1. The van der Waals surface area contributed by atoms with Gasteiger partial charge in [-0.1, -0.05) is 6.42 Å². The summed E-state index contributed by atoms with van der Waals surface area (Å²) in [5, 5.41) is 0. The number of carbonyl (C=O) groups is 5. The van der Waals surface area contributed by atoms with Crippen LogP contribution >= 0.6 is 0 Å². The molecule has 118 valence electrons. The average Bonchev–Trinajstić information content (AvgIpc) is 2.96. The van der Waals surface area contributed by atoms with Crippen molar-refractivity contribution in [2.75, 3.05) is 6.54 Å². The lowest BCUT2D eigenvalue weighted by Crippen LogP contribution is -2.30. The maximum absolute atomic E-state index is 11.6. The highest BCUT2D eigenvalue weighted by Gasteiger charge is 2.35. The summed E-state index contributed by atoms with van der Waals surface area (Å²) in [6, 6.07) is 0. The quantitative estimate of drug-likeness (QED) is 0.291. The molecule has 7 nitrogen and oxygen atoms in total. The monoisotopic (exact) mass is 307 g/mol. The van der Waals surface area contributed by atoms with Crippen molar-refractivity contribution >= 4 is 29.4 Å². The molecule has 2 aliphatic rings. The van der Waals surface area contributed by atoms with Gasteiger partial charge in [-0.2, -0.15) is 0 Å². The number of carbonyl (C=O) groups excluding carboxylic acids is 5. The fourth-order valence-electron chi connectivity index (χ4n) is 2.38. The van der Waals surface area contributed by atoms with E-state index in [4.69, 9.17) is 4.74 Å². The summed E-state index contributed by atoms with van der Waals surface area (Å²) in [4.78, 5) is 58.0. The van der Waals surface area contributed by atoms with Crippen LogP contribution in [0.3, 0.4) is 0 Å². The number of hydrogen-bond donors (Lipinski definition) is 0. The van der Waals surface area contributed by atoms with Crippen molar-refractivity contribution in [3.8, 4) is 0 Å². The molecule has 0 unspecified atom stereocenters. The molecule has 2 amide bonds. The van der Waals surface area contributed by atoms with Gasteiger partial charge in [-0.05, 0) is 12.8 Å². The van der Waals surface area contributed by atoms with Crippen LogP contribution in [0.4, 0.5) is 0 Å². The minimum Gasteiger partial charge on any atom is -0.446 e. The first-order valence-corrected chi connectivity index (χ1v) is 7.27. The van der Waals surface area contributed by atoms with Crippen LogP contribution in [0.2, 0.25) is 0 Å². The summed E-state index contributed by atoms with van der Waals surface area (Å²) < 4.78 is 4.88. The van der Waals surface area contributed by atoms with Crippen LogP contribution in [-0.2, 0) is 28.7 Å². The molecule has 7 heteroatoms. The fraction of sp³-hybridized carbons (Fsp3) is 0.533. The Morgan fingerprint density at radius 1 is 1.00 bits per heavy atom. The number of ketones is 2. The second-order valence-corrected chi connectivity index (χ2v) is 5.27. The van der Waals surface area contributed by atoms with Gasteiger partial charge in [0.2, 0.25) is 6.10 Å². The van der Waals surface area contributed by atoms with Gasteiger partial charge in [0.25, 0.3) is 11.8 Å². The van der Waals surface area contributed by atoms with E-state index in [-0.39, 0.29) is 42.6 Å². The fourth-order valence-corrected chi connectivity index (χ4v) is 2.38. The first-order valence-electron chi connectivity index (χ1n) is 7.27. The summed E-state index contributed by atoms with van der Waals surface area (Å²) in [5.74, 6) is -1.87. The number of nitrogens with zero attached hydrogens (tertiary/aromatic N) is 1. The van der Waals surface area contributed by atoms with Crippen molar-refractivity contribution in [3.05, 3.63) is 12.2 Å². The van der Waals surface area contributed by atoms with E-state index >= 15 is 0 Å². The average molecular weight is 307 g/mol. The number of rotatable bonds is 7. The first-order chi connectivity index (χ1) is 10.5. The zero-order valence-electron chi connectivity index (χ0n) is 12.1. The van der Waals surface area contributed by atoms with Crippen LogP contribution in [-0.4, -0.2) is 46.9 Å². The van der Waals surface area contributed by atoms with E-state index in [9.17, 15) is 24.0 Å². The van der Waals surface area contributed by atoms with Crippen LogP contribution in [0.15, 0.2) is 12.2 Å². The largest absolute Gasteiger partial charge is 0.446 e. The van der Waals surface area contributed by atoms with Gasteiger partial charge in [0, 0.05) is 38.0 Å². The van der Waals surface area contributed by atoms with Crippen molar-refractivity contribution in [1.82, 2.24) is 4.90 Å². The Labute approximate surface area is 127 Å². The lowest BCUT2D eigenvalue weighted by atomic mass is 10.2. The molecule has 1 saturated carbocycles. The van der Waals surface area contributed by atoms with Crippen molar-refractivity contribution in [1.29, 1.82) is 0 Å². The van der Waals surface area contributed by atoms with Gasteiger partial charge >= 0.3 is 5.97 Å². The van der Waals surface area contributed by atoms with Crippen LogP contribution in [0.25, 0.3) is 0 Å². The molecule has 1 aliphatic carbocycles. The number of hydrogen-bond acceptors (Lipinski definition) is 6. The predicted molar refractivity (Wildman–Crippen MR) is 73.5 cm³/mol. The Kier molecular flexibility index (Phi) is 5.19. The Balaban J connectivity index is 1.60. The molecule has 0 radical (unpaired) electrons. The van der Waals surface area contributed by atoms with Crippen molar-refractivity contribution in [3.63, 3.8) is 0 Å². The number of imide groups is 1. The minimum atomic E-state index is -1.21. The maximum atomic E-state index is 11.6. The predicted octanol–water partition coefficient (Wildman–Crippen LogP) is 0.316. The number of ether oxygens (including phenoxy) is 1. The van der Waals surface area contributed by atoms with Crippen LogP contribution in [0, 0.1) is 0 Å². The molecule has 0 spiro atoms. The molecule has 1 heterocycles. The van der Waals surface area contributed by atoms with Gasteiger partial charge < -0.3 is 4.74 Å². The van der Waals surface area contributed by atoms with E-state index in [1.165, 1.54) is 12.2 Å². The molecule has 2 rings (SSSR count). The molecule has 0 aromatic rings. The molecule has 0 N–H and O–H groups in total. The van der Waals surface area contributed by atoms with Gasteiger partial charge in [-0.25, -0.2) is 0 Å². The molecule has 22 heavy (non-hydrogen) atoms. The summed E-state index contributed by atoms with van der Waals surface area (Å²) >= 11 is 0. The lowest BCUT2D eigenvalue weighted by Gasteiger charge is -2.13. The number of esters is 1. The summed E-state index contributed by atoms with van der Waals surface area (Å²) in [7, 11) is 0. The molecule has 0 aromatic heterocycles. The van der Waals surface area contributed by atoms with Crippen molar-refractivity contribution in [2.45, 2.75) is 44.6 Å². The van der Waals surface area contributed by atoms with Gasteiger partial charge in [0.05, 0.1) is 0 Å². The van der Waals surface area contributed by atoms with Gasteiger partial charge in [0.1, 0.15) is 0 Å². The Hall–Kier alpha value is -2.31. The van der Waals surface area contributed by atoms with Gasteiger partial charge in [0.15, 0.2) is 11.6 Å². The number of Topliss-reactive ketones (excluding diaryl/α,β-unsaturated/α-hetero) is 2. The molecule has 1 aliphatic heterocycles. The third-order valence-electron chi connectivity index (χ3n) is 3.62. The molecular weight excluding hydrogens is 290 g/mol. The highest BCUT2D eigenvalue weighted by Crippen LogP contribution is 2.15. The van der Waals surface area contributed by atoms with Crippen LogP contribution < -0.4 is 0 Å². The van der Waals surface area contributed by atoms with E-state index < -0.39 is 12.1 Å². The zero-order valence-corrected chi connectivity index (χ0v) is 12.1. The van der Waals surface area contributed by atoms with Crippen molar-refractivity contribution in [2.24, 2.45) is 0 Å². The van der Waals surface area contributed by atoms with Gasteiger partial charge in [-0.3, -0.25) is 28.9 Å². The Morgan fingerprint density at radius 3 is 2.18 bits per heavy atom. The first kappa shape index (κ1) is 16.1. The lowest BCUT2D eigenvalue weighted by molar-refractivity contribution is -0.157. The third kappa shape index (κ3) is 3.87. The molecule has 0 saturated heterocycles. The van der Waals surface area contributed by atoms with Crippen LogP contribution in [0.1, 0.15) is 38.5 Å². The standard InChI is InChI=1S/C15H17NO6/c17-10-5-6-11(18)15(10)22-14(21)4-2-1-3-9-16-12(19)7-8-13(16)20/h7-8,15H,1-6,9H2. The molecule has 1 fully saturated rings. The second kappa shape index (κ2) is 7.11. The summed E-state index contributed by atoms with van der Waals surface area (Å²) in [6.45, 7) is 0.319. The second-order valence-electron chi connectivity index (χ2n) is 5.27. The smallest absolute Gasteiger partial charge is 0.306 e. The number of amides is 2. The van der Waals surface area contributed by atoms with E-state index in [0.29, 0.717) is 25.8 Å². The maximum Gasteiger partial charge on any atom is 0.306 e.